The van der Waals surface area contributed by atoms with E-state index in [0.717, 1.165) is 41.7 Å². The smallest absolute Gasteiger partial charge is 0.246 e. The van der Waals surface area contributed by atoms with Crippen molar-refractivity contribution in [2.24, 2.45) is 7.05 Å². The standard InChI is InChI=1S/C25H27N5O2/c1-28(16-20-13-18-6-3-4-7-21(18)29(20)2)23(31)10-9-17-12-19-15-30-11-5-8-22(30)25(32)27-24(19)26-14-17/h3-4,6-7,9-10,12-14,22H,5,8,11,15-16H2,1-2H3,(H,26,27,32)/t22-/m1/s1. The number of nitrogens with one attached hydrogen (secondary N) is 1. The van der Waals surface area contributed by atoms with Crippen molar-refractivity contribution in [1.82, 2.24) is 19.4 Å². The van der Waals surface area contributed by atoms with E-state index < -0.39 is 0 Å². The lowest BCUT2D eigenvalue weighted by molar-refractivity contribution is -0.125. The monoisotopic (exact) mass is 429 g/mol. The van der Waals surface area contributed by atoms with Crippen LogP contribution in [0.4, 0.5) is 5.82 Å². The summed E-state index contributed by atoms with van der Waals surface area (Å²) in [6, 6.07) is 12.3. The van der Waals surface area contributed by atoms with Gasteiger partial charge in [0.25, 0.3) is 0 Å². The molecule has 0 spiro atoms. The molecule has 5 rings (SSSR count). The van der Waals surface area contributed by atoms with Gasteiger partial charge >= 0.3 is 0 Å². The minimum atomic E-state index is -0.0712. The molecule has 3 aromatic rings. The van der Waals surface area contributed by atoms with Crippen molar-refractivity contribution >= 4 is 34.6 Å². The second-order valence-electron chi connectivity index (χ2n) is 8.68. The Labute approximate surface area is 187 Å². The number of likely N-dealkylation sites (N-methyl/N-ethyl adjacent to an activating group) is 1. The molecule has 0 aliphatic carbocycles. The fraction of sp³-hybridized carbons (Fsp3) is 0.320. The third-order valence-electron chi connectivity index (χ3n) is 6.51. The second kappa shape index (κ2) is 8.24. The number of benzene rings is 1. The number of hydrogen-bond acceptors (Lipinski definition) is 4. The molecule has 7 nitrogen and oxygen atoms in total. The summed E-state index contributed by atoms with van der Waals surface area (Å²) in [5.74, 6) is 0.584. The number of carbonyl (C=O) groups is 2. The number of pyridine rings is 1. The number of carbonyl (C=O) groups excluding carboxylic acids is 2. The van der Waals surface area contributed by atoms with Crippen LogP contribution in [0.3, 0.4) is 0 Å². The SMILES string of the molecule is CN(Cc1cc2ccccc2n1C)C(=O)C=Cc1cnc2c(c1)CN1CCC[C@@H]1C(=O)N2. The van der Waals surface area contributed by atoms with E-state index in [0.29, 0.717) is 18.9 Å². The molecule has 0 bridgehead atoms. The number of fused-ring (bicyclic) bond motifs is 3. The molecule has 7 heteroatoms. The van der Waals surface area contributed by atoms with E-state index in [1.165, 1.54) is 5.39 Å². The lowest BCUT2D eigenvalue weighted by atomic mass is 10.1. The van der Waals surface area contributed by atoms with Crippen molar-refractivity contribution < 1.29 is 9.59 Å². The van der Waals surface area contributed by atoms with Gasteiger partial charge in [-0.15, -0.1) is 0 Å². The molecular weight excluding hydrogens is 402 g/mol. The lowest BCUT2D eigenvalue weighted by Gasteiger charge is -2.19. The summed E-state index contributed by atoms with van der Waals surface area (Å²) in [4.78, 5) is 33.5. The summed E-state index contributed by atoms with van der Waals surface area (Å²) >= 11 is 0. The van der Waals surface area contributed by atoms with Gasteiger partial charge in [0.1, 0.15) is 5.82 Å². The van der Waals surface area contributed by atoms with E-state index >= 15 is 0 Å². The van der Waals surface area contributed by atoms with Gasteiger partial charge < -0.3 is 14.8 Å². The highest BCUT2D eigenvalue weighted by Gasteiger charge is 2.34. The number of anilines is 1. The van der Waals surface area contributed by atoms with E-state index in [1.54, 1.807) is 23.2 Å². The first kappa shape index (κ1) is 20.5. The first-order valence-corrected chi connectivity index (χ1v) is 11.0. The Morgan fingerprint density at radius 2 is 2.16 bits per heavy atom. The van der Waals surface area contributed by atoms with Gasteiger partial charge in [-0.25, -0.2) is 4.98 Å². The van der Waals surface area contributed by atoms with E-state index in [9.17, 15) is 9.59 Å². The number of aryl methyl sites for hydroxylation is 1. The highest BCUT2D eigenvalue weighted by molar-refractivity contribution is 5.96. The Kier molecular flexibility index (Phi) is 5.27. The van der Waals surface area contributed by atoms with Crippen LogP contribution >= 0.6 is 0 Å². The van der Waals surface area contributed by atoms with E-state index in [1.807, 2.05) is 32.3 Å². The Balaban J connectivity index is 1.29. The van der Waals surface area contributed by atoms with E-state index in [4.69, 9.17) is 0 Å². The molecule has 164 valence electrons. The molecule has 1 aromatic carbocycles. The number of nitrogens with zero attached hydrogens (tertiary/aromatic N) is 4. The van der Waals surface area contributed by atoms with Crippen LogP contribution in [0.25, 0.3) is 17.0 Å². The van der Waals surface area contributed by atoms with Crippen LogP contribution in [0, 0.1) is 0 Å². The fourth-order valence-corrected chi connectivity index (χ4v) is 4.70. The maximum absolute atomic E-state index is 12.7. The first-order valence-electron chi connectivity index (χ1n) is 11.0. The molecule has 1 fully saturated rings. The van der Waals surface area contributed by atoms with Gasteiger partial charge in [-0.3, -0.25) is 14.5 Å². The van der Waals surface area contributed by atoms with Crippen molar-refractivity contribution in [3.8, 4) is 0 Å². The van der Waals surface area contributed by atoms with Crippen LogP contribution in [0.15, 0.2) is 48.7 Å². The van der Waals surface area contributed by atoms with Crippen molar-refractivity contribution in [1.29, 1.82) is 0 Å². The molecule has 0 saturated carbocycles. The number of rotatable bonds is 4. The zero-order valence-electron chi connectivity index (χ0n) is 18.4. The highest BCUT2D eigenvalue weighted by Crippen LogP contribution is 2.28. The Hall–Kier alpha value is -3.45. The first-order chi connectivity index (χ1) is 15.5. The van der Waals surface area contributed by atoms with Crippen LogP contribution in [0.1, 0.15) is 29.7 Å². The van der Waals surface area contributed by atoms with Gasteiger partial charge in [0.05, 0.1) is 12.6 Å². The zero-order valence-corrected chi connectivity index (χ0v) is 18.4. The largest absolute Gasteiger partial charge is 0.346 e. The van der Waals surface area contributed by atoms with Crippen LogP contribution < -0.4 is 5.32 Å². The summed E-state index contributed by atoms with van der Waals surface area (Å²) in [5.41, 5.74) is 4.07. The predicted molar refractivity (Wildman–Crippen MR) is 125 cm³/mol. The molecule has 2 aliphatic rings. The zero-order chi connectivity index (χ0) is 22.2. The van der Waals surface area contributed by atoms with Crippen LogP contribution in [0.2, 0.25) is 0 Å². The predicted octanol–water partition coefficient (Wildman–Crippen LogP) is 3.16. The van der Waals surface area contributed by atoms with E-state index in [-0.39, 0.29) is 17.9 Å². The fourth-order valence-electron chi connectivity index (χ4n) is 4.70. The van der Waals surface area contributed by atoms with Crippen molar-refractivity contribution in [2.45, 2.75) is 32.0 Å². The van der Waals surface area contributed by atoms with Crippen LogP contribution in [-0.2, 0) is 29.7 Å². The number of aromatic nitrogens is 2. The van der Waals surface area contributed by atoms with Gasteiger partial charge in [-0.1, -0.05) is 18.2 Å². The molecule has 2 aromatic heterocycles. The highest BCUT2D eigenvalue weighted by atomic mass is 16.2. The summed E-state index contributed by atoms with van der Waals surface area (Å²) in [6.45, 7) is 2.15. The minimum absolute atomic E-state index is 0.0298. The number of para-hydroxylation sites is 1. The maximum atomic E-state index is 12.7. The van der Waals surface area contributed by atoms with Gasteiger partial charge in [0, 0.05) is 49.7 Å². The van der Waals surface area contributed by atoms with Gasteiger partial charge in [-0.2, -0.15) is 0 Å². The van der Waals surface area contributed by atoms with Crippen molar-refractivity contribution in [3.05, 3.63) is 65.5 Å². The molecular formula is C25H27N5O2. The topological polar surface area (TPSA) is 70.5 Å². The minimum Gasteiger partial charge on any atom is -0.346 e. The Bertz CT molecular complexity index is 1230. The van der Waals surface area contributed by atoms with Crippen LogP contribution in [-0.4, -0.2) is 50.8 Å². The average Bonchev–Trinajstić information content (AvgIpc) is 3.35. The summed E-state index contributed by atoms with van der Waals surface area (Å²) in [6.07, 6.45) is 7.01. The summed E-state index contributed by atoms with van der Waals surface area (Å²) in [7, 11) is 3.83. The molecule has 4 heterocycles. The molecule has 2 amide bonds. The van der Waals surface area contributed by atoms with E-state index in [2.05, 4.69) is 38.0 Å². The maximum Gasteiger partial charge on any atom is 0.246 e. The van der Waals surface area contributed by atoms with Crippen molar-refractivity contribution in [2.75, 3.05) is 18.9 Å². The van der Waals surface area contributed by atoms with Gasteiger partial charge in [-0.05, 0) is 54.6 Å². The molecule has 1 N–H and O–H groups in total. The second-order valence-corrected chi connectivity index (χ2v) is 8.68. The van der Waals surface area contributed by atoms with Crippen molar-refractivity contribution in [3.63, 3.8) is 0 Å². The number of amides is 2. The Morgan fingerprint density at radius 1 is 1.31 bits per heavy atom. The molecule has 32 heavy (non-hydrogen) atoms. The summed E-state index contributed by atoms with van der Waals surface area (Å²) in [5, 5.41) is 4.13. The quantitative estimate of drug-likeness (QED) is 0.647. The third-order valence-corrected chi connectivity index (χ3v) is 6.51. The van der Waals surface area contributed by atoms with Gasteiger partial charge in [0.2, 0.25) is 11.8 Å². The lowest BCUT2D eigenvalue weighted by Crippen LogP contribution is -2.36. The third kappa shape index (κ3) is 3.80. The summed E-state index contributed by atoms with van der Waals surface area (Å²) < 4.78 is 2.12. The normalized spacial score (nSPS) is 18.4. The molecule has 0 unspecified atom stereocenters. The molecule has 1 atom stereocenters. The Morgan fingerprint density at radius 3 is 3.00 bits per heavy atom. The number of hydrogen-bond donors (Lipinski definition) is 1. The molecule has 1 saturated heterocycles. The molecule has 2 aliphatic heterocycles. The average molecular weight is 430 g/mol. The van der Waals surface area contributed by atoms with Crippen LogP contribution in [0.5, 0.6) is 0 Å². The molecule has 0 radical (unpaired) electrons. The van der Waals surface area contributed by atoms with Gasteiger partial charge in [0.15, 0.2) is 0 Å².